The predicted octanol–water partition coefficient (Wildman–Crippen LogP) is 2.58. The summed E-state index contributed by atoms with van der Waals surface area (Å²) >= 11 is 4.90. The minimum Gasteiger partial charge on any atom is -0.338 e. The van der Waals surface area contributed by atoms with Crippen LogP contribution in [0.4, 0.5) is 0 Å². The Kier molecular flexibility index (Phi) is 4.59. The van der Waals surface area contributed by atoms with Crippen molar-refractivity contribution in [3.63, 3.8) is 0 Å². The minimum atomic E-state index is 0.182. The van der Waals surface area contributed by atoms with Gasteiger partial charge >= 0.3 is 0 Å². The number of likely N-dealkylation sites (tertiary alicyclic amines) is 1. The summed E-state index contributed by atoms with van der Waals surface area (Å²) in [6.07, 6.45) is 2.34. The van der Waals surface area contributed by atoms with Gasteiger partial charge in [0.25, 0.3) is 5.91 Å². The van der Waals surface area contributed by atoms with E-state index in [0.717, 1.165) is 35.4 Å². The van der Waals surface area contributed by atoms with Gasteiger partial charge in [0.05, 0.1) is 4.88 Å². The summed E-state index contributed by atoms with van der Waals surface area (Å²) in [4.78, 5) is 15.1. The topological polar surface area (TPSA) is 32.3 Å². The molecule has 1 aromatic heterocycles. The summed E-state index contributed by atoms with van der Waals surface area (Å²) in [6, 6.07) is 1.91. The van der Waals surface area contributed by atoms with Crippen molar-refractivity contribution in [3.05, 3.63) is 20.8 Å². The Balaban J connectivity index is 1.99. The molecule has 1 N–H and O–H groups in total. The number of piperidine rings is 1. The number of thiophene rings is 1. The van der Waals surface area contributed by atoms with E-state index in [-0.39, 0.29) is 5.91 Å². The molecule has 5 heteroatoms. The van der Waals surface area contributed by atoms with Crippen molar-refractivity contribution in [1.82, 2.24) is 10.2 Å². The normalized spacial score (nSPS) is 20.6. The van der Waals surface area contributed by atoms with Gasteiger partial charge in [0, 0.05) is 22.9 Å². The number of carbonyl (C=O) groups excluding carboxylic acids is 1. The highest BCUT2D eigenvalue weighted by atomic mass is 79.9. The summed E-state index contributed by atoms with van der Waals surface area (Å²) in [5, 5.41) is 5.16. The molecular weight excluding hydrogens is 300 g/mol. The lowest BCUT2D eigenvalue weighted by molar-refractivity contribution is 0.0679. The average Bonchev–Trinajstić information content (AvgIpc) is 2.76. The third kappa shape index (κ3) is 3.30. The molecule has 1 saturated heterocycles. The maximum Gasteiger partial charge on any atom is 0.263 e. The summed E-state index contributed by atoms with van der Waals surface area (Å²) < 4.78 is 0.995. The van der Waals surface area contributed by atoms with E-state index in [1.54, 1.807) is 0 Å². The molecule has 1 unspecified atom stereocenters. The fourth-order valence-electron chi connectivity index (χ4n) is 2.29. The third-order valence-electron chi connectivity index (χ3n) is 3.08. The molecule has 17 heavy (non-hydrogen) atoms. The van der Waals surface area contributed by atoms with Crippen LogP contribution in [-0.2, 0) is 0 Å². The average molecular weight is 317 g/mol. The van der Waals surface area contributed by atoms with Crippen LogP contribution < -0.4 is 5.32 Å². The van der Waals surface area contributed by atoms with Crippen molar-refractivity contribution in [2.75, 3.05) is 26.7 Å². The SMILES string of the molecule is CNCC1CCCN(C(=O)c2cc(Br)cs2)C1. The van der Waals surface area contributed by atoms with E-state index in [1.807, 2.05) is 23.4 Å². The molecule has 1 fully saturated rings. The third-order valence-corrected chi connectivity index (χ3v) is 4.76. The van der Waals surface area contributed by atoms with Crippen LogP contribution in [0.2, 0.25) is 0 Å². The fraction of sp³-hybridized carbons (Fsp3) is 0.583. The first kappa shape index (κ1) is 13.1. The molecule has 1 amide bonds. The Labute approximate surface area is 114 Å². The van der Waals surface area contributed by atoms with Gasteiger partial charge in [0.2, 0.25) is 0 Å². The number of hydrogen-bond acceptors (Lipinski definition) is 3. The van der Waals surface area contributed by atoms with Crippen molar-refractivity contribution in [3.8, 4) is 0 Å². The Bertz CT molecular complexity index is 392. The molecule has 3 nitrogen and oxygen atoms in total. The molecule has 1 aromatic rings. The maximum atomic E-state index is 12.3. The zero-order valence-corrected chi connectivity index (χ0v) is 12.3. The number of amides is 1. The summed E-state index contributed by atoms with van der Waals surface area (Å²) in [6.45, 7) is 2.78. The lowest BCUT2D eigenvalue weighted by Gasteiger charge is -2.32. The van der Waals surface area contributed by atoms with Crippen molar-refractivity contribution in [2.45, 2.75) is 12.8 Å². The minimum absolute atomic E-state index is 0.182. The smallest absolute Gasteiger partial charge is 0.263 e. The molecule has 0 saturated carbocycles. The monoisotopic (exact) mass is 316 g/mol. The lowest BCUT2D eigenvalue weighted by Crippen LogP contribution is -2.42. The molecular formula is C12H17BrN2OS. The molecule has 1 aliphatic rings. The van der Waals surface area contributed by atoms with E-state index in [9.17, 15) is 4.79 Å². The standard InChI is InChI=1S/C12H17BrN2OS/c1-14-6-9-3-2-4-15(7-9)12(16)11-5-10(13)8-17-11/h5,8-9,14H,2-4,6-7H2,1H3. The van der Waals surface area contributed by atoms with Crippen molar-refractivity contribution < 1.29 is 4.79 Å². The van der Waals surface area contributed by atoms with Crippen molar-refractivity contribution in [2.24, 2.45) is 5.92 Å². The van der Waals surface area contributed by atoms with Crippen LogP contribution in [-0.4, -0.2) is 37.5 Å². The number of rotatable bonds is 3. The van der Waals surface area contributed by atoms with E-state index >= 15 is 0 Å². The molecule has 0 aromatic carbocycles. The molecule has 2 heterocycles. The van der Waals surface area contributed by atoms with E-state index in [1.165, 1.54) is 17.8 Å². The number of hydrogen-bond donors (Lipinski definition) is 1. The van der Waals surface area contributed by atoms with Gasteiger partial charge in [-0.1, -0.05) is 0 Å². The summed E-state index contributed by atoms with van der Waals surface area (Å²) in [5.74, 6) is 0.780. The van der Waals surface area contributed by atoms with Crippen LogP contribution in [0.3, 0.4) is 0 Å². The van der Waals surface area contributed by atoms with E-state index < -0.39 is 0 Å². The fourth-order valence-corrected chi connectivity index (χ4v) is 3.68. The zero-order valence-electron chi connectivity index (χ0n) is 9.91. The molecule has 0 spiro atoms. The number of nitrogens with one attached hydrogen (secondary N) is 1. The number of nitrogens with zero attached hydrogens (tertiary/aromatic N) is 1. The Morgan fingerprint density at radius 1 is 1.71 bits per heavy atom. The van der Waals surface area contributed by atoms with Crippen LogP contribution >= 0.6 is 27.3 Å². The predicted molar refractivity (Wildman–Crippen MR) is 74.6 cm³/mol. The number of halogens is 1. The second-order valence-electron chi connectivity index (χ2n) is 4.45. The Morgan fingerprint density at radius 3 is 3.18 bits per heavy atom. The van der Waals surface area contributed by atoms with E-state index in [2.05, 4.69) is 21.2 Å². The molecule has 2 rings (SSSR count). The van der Waals surface area contributed by atoms with Gasteiger partial charge in [-0.15, -0.1) is 11.3 Å². The van der Waals surface area contributed by atoms with E-state index in [4.69, 9.17) is 0 Å². The molecule has 0 radical (unpaired) electrons. The van der Waals surface area contributed by atoms with Crippen molar-refractivity contribution >= 4 is 33.2 Å². The lowest BCUT2D eigenvalue weighted by atomic mass is 9.98. The second-order valence-corrected chi connectivity index (χ2v) is 6.27. The highest BCUT2D eigenvalue weighted by Crippen LogP contribution is 2.24. The first-order valence-electron chi connectivity index (χ1n) is 5.88. The van der Waals surface area contributed by atoms with Crippen LogP contribution in [0.5, 0.6) is 0 Å². The highest BCUT2D eigenvalue weighted by molar-refractivity contribution is 9.10. The van der Waals surface area contributed by atoms with Gasteiger partial charge in [0.15, 0.2) is 0 Å². The maximum absolute atomic E-state index is 12.3. The molecule has 0 aliphatic carbocycles. The highest BCUT2D eigenvalue weighted by Gasteiger charge is 2.24. The van der Waals surface area contributed by atoms with Gasteiger partial charge in [-0.2, -0.15) is 0 Å². The molecule has 0 bridgehead atoms. The van der Waals surface area contributed by atoms with Gasteiger partial charge in [-0.25, -0.2) is 0 Å². The van der Waals surface area contributed by atoms with E-state index in [0.29, 0.717) is 5.92 Å². The van der Waals surface area contributed by atoms with Gasteiger partial charge < -0.3 is 10.2 Å². The first-order valence-corrected chi connectivity index (χ1v) is 7.56. The largest absolute Gasteiger partial charge is 0.338 e. The second kappa shape index (κ2) is 5.98. The van der Waals surface area contributed by atoms with Gasteiger partial charge in [0.1, 0.15) is 0 Å². The van der Waals surface area contributed by atoms with Crippen LogP contribution in [0, 0.1) is 5.92 Å². The zero-order chi connectivity index (χ0) is 12.3. The quantitative estimate of drug-likeness (QED) is 0.929. The Morgan fingerprint density at radius 2 is 2.53 bits per heavy atom. The molecule has 1 atom stereocenters. The van der Waals surface area contributed by atoms with Gasteiger partial charge in [-0.05, 0) is 54.3 Å². The Hall–Kier alpha value is -0.390. The van der Waals surface area contributed by atoms with Crippen LogP contribution in [0.1, 0.15) is 22.5 Å². The first-order chi connectivity index (χ1) is 8.20. The van der Waals surface area contributed by atoms with Crippen molar-refractivity contribution in [1.29, 1.82) is 0 Å². The summed E-state index contributed by atoms with van der Waals surface area (Å²) in [5.41, 5.74) is 0. The molecule has 94 valence electrons. The van der Waals surface area contributed by atoms with Crippen LogP contribution in [0.15, 0.2) is 15.9 Å². The number of carbonyl (C=O) groups is 1. The summed E-state index contributed by atoms with van der Waals surface area (Å²) in [7, 11) is 1.97. The van der Waals surface area contributed by atoms with Gasteiger partial charge in [-0.3, -0.25) is 4.79 Å². The molecule has 1 aliphatic heterocycles. The van der Waals surface area contributed by atoms with Crippen LogP contribution in [0.25, 0.3) is 0 Å².